The molecule has 0 spiro atoms. The van der Waals surface area contributed by atoms with Crippen LogP contribution in [0.5, 0.6) is 5.75 Å². The molecular formula is C27H21F3O4S. The number of benzene rings is 4. The molecule has 0 bridgehead atoms. The fourth-order valence-electron chi connectivity index (χ4n) is 4.16. The van der Waals surface area contributed by atoms with Crippen molar-refractivity contribution in [3.8, 4) is 39.1 Å². The maximum atomic E-state index is 10.7. The van der Waals surface area contributed by atoms with Crippen LogP contribution in [-0.4, -0.2) is 25.6 Å². The summed E-state index contributed by atoms with van der Waals surface area (Å²) >= 11 is 0. The van der Waals surface area contributed by atoms with Gasteiger partial charge in [0.2, 0.25) is 0 Å². The summed E-state index contributed by atoms with van der Waals surface area (Å²) < 4.78 is 62.9. The third-order valence-electron chi connectivity index (χ3n) is 5.74. The number of ether oxygens (including phenoxy) is 1. The molecule has 35 heavy (non-hydrogen) atoms. The Bertz CT molecular complexity index is 1450. The third kappa shape index (κ3) is 5.08. The lowest BCUT2D eigenvalue weighted by molar-refractivity contribution is -0.0510. The molecule has 1 N–H and O–H groups in total. The molecule has 0 aliphatic heterocycles. The summed E-state index contributed by atoms with van der Waals surface area (Å²) in [7, 11) is -4.13. The van der Waals surface area contributed by atoms with Gasteiger partial charge < -0.3 is 4.74 Å². The molecule has 0 unspecified atom stereocenters. The third-order valence-corrected chi connectivity index (χ3v) is 6.33. The van der Waals surface area contributed by atoms with Crippen molar-refractivity contribution in [2.45, 2.75) is 11.9 Å². The highest BCUT2D eigenvalue weighted by Crippen LogP contribution is 2.46. The molecule has 5 rings (SSSR count). The van der Waals surface area contributed by atoms with Crippen LogP contribution < -0.4 is 4.74 Å². The molecular weight excluding hydrogens is 477 g/mol. The van der Waals surface area contributed by atoms with Crippen LogP contribution in [0.1, 0.15) is 11.1 Å². The molecule has 0 saturated heterocycles. The number of fused-ring (bicyclic) bond motifs is 3. The van der Waals surface area contributed by atoms with Crippen LogP contribution in [0.25, 0.3) is 33.4 Å². The number of halogens is 3. The standard InChI is InChI=1S/C26H20O.CHF3O3S/c1-27-21-13-11-19(12-14-21)26-23(18-7-3-2-4-8-18)15-16-24-22-10-6-5-9-20(22)17-25(24)26;2-1(3,4)8(5,6)7/h2-16H,17H2,1H3;(H,5,6,7). The van der Waals surface area contributed by atoms with E-state index in [-0.39, 0.29) is 0 Å². The van der Waals surface area contributed by atoms with Crippen molar-refractivity contribution >= 4 is 10.1 Å². The average molecular weight is 499 g/mol. The minimum absolute atomic E-state index is 0.885. The van der Waals surface area contributed by atoms with Crippen molar-refractivity contribution in [2.24, 2.45) is 0 Å². The van der Waals surface area contributed by atoms with Crippen molar-refractivity contribution in [3.05, 3.63) is 102 Å². The van der Waals surface area contributed by atoms with Gasteiger partial charge in [0, 0.05) is 0 Å². The SMILES string of the molecule is COc1ccc(-c2c(-c3ccccc3)ccc3c2Cc2ccccc2-3)cc1.O=S(=O)(O)C(F)(F)F. The summed E-state index contributed by atoms with van der Waals surface area (Å²) in [5, 5.41) is 0. The van der Waals surface area contributed by atoms with Crippen molar-refractivity contribution < 1.29 is 30.9 Å². The van der Waals surface area contributed by atoms with Crippen molar-refractivity contribution in [3.63, 3.8) is 0 Å². The zero-order valence-electron chi connectivity index (χ0n) is 18.6. The van der Waals surface area contributed by atoms with Gasteiger partial charge in [-0.15, -0.1) is 0 Å². The van der Waals surface area contributed by atoms with E-state index in [9.17, 15) is 13.2 Å². The molecule has 1 aliphatic carbocycles. The van der Waals surface area contributed by atoms with Gasteiger partial charge in [-0.3, -0.25) is 4.55 Å². The summed E-state index contributed by atoms with van der Waals surface area (Å²) in [5.41, 5.74) is 5.12. The molecule has 0 radical (unpaired) electrons. The first-order valence-electron chi connectivity index (χ1n) is 10.6. The molecule has 180 valence electrons. The van der Waals surface area contributed by atoms with Crippen LogP contribution in [0.2, 0.25) is 0 Å². The second kappa shape index (κ2) is 9.56. The minimum atomic E-state index is -5.84. The predicted octanol–water partition coefficient (Wildman–Crippen LogP) is 6.99. The second-order valence-electron chi connectivity index (χ2n) is 7.86. The molecule has 0 heterocycles. The van der Waals surface area contributed by atoms with Crippen LogP contribution >= 0.6 is 0 Å². The Morgan fingerprint density at radius 1 is 0.743 bits per heavy atom. The Morgan fingerprint density at radius 3 is 1.91 bits per heavy atom. The second-order valence-corrected chi connectivity index (χ2v) is 9.28. The maximum absolute atomic E-state index is 10.7. The van der Waals surface area contributed by atoms with Gasteiger partial charge in [0.1, 0.15) is 5.75 Å². The first-order chi connectivity index (χ1) is 16.6. The monoisotopic (exact) mass is 498 g/mol. The molecule has 4 aromatic rings. The number of alkyl halides is 3. The van der Waals surface area contributed by atoms with Crippen LogP contribution in [0.4, 0.5) is 13.2 Å². The number of hydrogen-bond acceptors (Lipinski definition) is 3. The molecule has 8 heteroatoms. The lowest BCUT2D eigenvalue weighted by Gasteiger charge is -2.16. The Hall–Kier alpha value is -3.62. The smallest absolute Gasteiger partial charge is 0.497 e. The van der Waals surface area contributed by atoms with E-state index in [0.29, 0.717) is 0 Å². The molecule has 1 aliphatic rings. The van der Waals surface area contributed by atoms with Crippen LogP contribution in [-0.2, 0) is 16.5 Å². The van der Waals surface area contributed by atoms with E-state index in [1.807, 2.05) is 12.1 Å². The van der Waals surface area contributed by atoms with E-state index in [1.54, 1.807) is 7.11 Å². The molecule has 4 aromatic carbocycles. The van der Waals surface area contributed by atoms with Crippen molar-refractivity contribution in [2.75, 3.05) is 7.11 Å². The summed E-state index contributed by atoms with van der Waals surface area (Å²) in [6, 6.07) is 32.4. The number of hydrogen-bond donors (Lipinski definition) is 1. The minimum Gasteiger partial charge on any atom is -0.497 e. The summed E-state index contributed by atoms with van der Waals surface area (Å²) in [6.45, 7) is 0. The Balaban J connectivity index is 0.000000314. The predicted molar refractivity (Wildman–Crippen MR) is 130 cm³/mol. The van der Waals surface area contributed by atoms with Gasteiger partial charge >= 0.3 is 15.6 Å². The molecule has 0 aromatic heterocycles. The quantitative estimate of drug-likeness (QED) is 0.215. The Kier molecular flexibility index (Phi) is 6.69. The molecule has 0 fully saturated rings. The fourth-order valence-corrected chi connectivity index (χ4v) is 4.16. The highest BCUT2D eigenvalue weighted by Gasteiger charge is 2.44. The first kappa shape index (κ1) is 24.5. The lowest BCUT2D eigenvalue weighted by atomic mass is 9.88. The number of rotatable bonds is 3. The van der Waals surface area contributed by atoms with Crippen LogP contribution in [0, 0.1) is 0 Å². The topological polar surface area (TPSA) is 63.6 Å². The normalized spacial score (nSPS) is 12.3. The van der Waals surface area contributed by atoms with E-state index in [2.05, 4.69) is 78.9 Å². The van der Waals surface area contributed by atoms with Gasteiger partial charge in [0.05, 0.1) is 7.11 Å². The molecule has 0 atom stereocenters. The molecule has 0 amide bonds. The Morgan fingerprint density at radius 2 is 1.31 bits per heavy atom. The zero-order chi connectivity index (χ0) is 25.2. The van der Waals surface area contributed by atoms with Crippen molar-refractivity contribution in [1.29, 1.82) is 0 Å². The Labute approximate surface area is 201 Å². The van der Waals surface area contributed by atoms with Gasteiger partial charge in [-0.05, 0) is 63.1 Å². The first-order valence-corrected chi connectivity index (χ1v) is 12.0. The maximum Gasteiger partial charge on any atom is 0.522 e. The average Bonchev–Trinajstić information content (AvgIpc) is 3.22. The summed E-state index contributed by atoms with van der Waals surface area (Å²) in [6.07, 6.45) is 0.980. The molecule has 4 nitrogen and oxygen atoms in total. The van der Waals surface area contributed by atoms with E-state index in [1.165, 1.54) is 44.5 Å². The van der Waals surface area contributed by atoms with Gasteiger partial charge in [0.25, 0.3) is 0 Å². The fraction of sp³-hybridized carbons (Fsp3) is 0.111. The van der Waals surface area contributed by atoms with Gasteiger partial charge in [-0.1, -0.05) is 78.9 Å². The highest BCUT2D eigenvalue weighted by atomic mass is 32.2. The highest BCUT2D eigenvalue weighted by molar-refractivity contribution is 7.86. The largest absolute Gasteiger partial charge is 0.522 e. The summed E-state index contributed by atoms with van der Waals surface area (Å²) in [4.78, 5) is 0. The van der Waals surface area contributed by atoms with Crippen LogP contribution in [0.3, 0.4) is 0 Å². The van der Waals surface area contributed by atoms with E-state index >= 15 is 0 Å². The van der Waals surface area contributed by atoms with Gasteiger partial charge in [-0.25, -0.2) is 0 Å². The van der Waals surface area contributed by atoms with E-state index in [4.69, 9.17) is 17.7 Å². The van der Waals surface area contributed by atoms with Gasteiger partial charge in [0.15, 0.2) is 0 Å². The summed E-state index contributed by atoms with van der Waals surface area (Å²) in [5.74, 6) is 0.885. The van der Waals surface area contributed by atoms with Crippen LogP contribution in [0.15, 0.2) is 91.0 Å². The zero-order valence-corrected chi connectivity index (χ0v) is 19.4. The molecule has 0 saturated carbocycles. The number of methoxy groups -OCH3 is 1. The van der Waals surface area contributed by atoms with Crippen molar-refractivity contribution in [1.82, 2.24) is 0 Å². The van der Waals surface area contributed by atoms with Gasteiger partial charge in [-0.2, -0.15) is 21.6 Å². The van der Waals surface area contributed by atoms with E-state index < -0.39 is 15.6 Å². The lowest BCUT2D eigenvalue weighted by Crippen LogP contribution is -2.21. The van der Waals surface area contributed by atoms with E-state index in [0.717, 1.165) is 12.2 Å².